The van der Waals surface area contributed by atoms with Crippen LogP contribution in [0.2, 0.25) is 0 Å². The Hall–Kier alpha value is -1.54. The minimum absolute atomic E-state index is 0.227. The van der Waals surface area contributed by atoms with E-state index in [0.717, 1.165) is 22.1 Å². The van der Waals surface area contributed by atoms with Crippen molar-refractivity contribution in [2.45, 2.75) is 20.0 Å². The van der Waals surface area contributed by atoms with Crippen LogP contribution in [0, 0.1) is 5.92 Å². The molecule has 0 bridgehead atoms. The van der Waals surface area contributed by atoms with Crippen LogP contribution < -0.4 is 4.74 Å². The molecule has 0 aromatic heterocycles. The van der Waals surface area contributed by atoms with E-state index in [1.54, 1.807) is 7.11 Å². The Balaban J connectivity index is 2.44. The van der Waals surface area contributed by atoms with Crippen molar-refractivity contribution in [3.8, 4) is 5.75 Å². The number of aliphatic hydroxyl groups excluding tert-OH is 1. The van der Waals surface area contributed by atoms with Crippen LogP contribution >= 0.6 is 0 Å². The Morgan fingerprint density at radius 1 is 1.00 bits per heavy atom. The molecule has 90 valence electrons. The predicted octanol–water partition coefficient (Wildman–Crippen LogP) is 3.54. The van der Waals surface area contributed by atoms with E-state index in [-0.39, 0.29) is 5.92 Å². The summed E-state index contributed by atoms with van der Waals surface area (Å²) in [6, 6.07) is 12.0. The molecule has 2 nitrogen and oxygen atoms in total. The molecule has 0 saturated heterocycles. The lowest BCUT2D eigenvalue weighted by atomic mass is 9.96. The molecule has 1 unspecified atom stereocenters. The number of fused-ring (bicyclic) bond motifs is 1. The van der Waals surface area contributed by atoms with Gasteiger partial charge in [-0.05, 0) is 40.5 Å². The van der Waals surface area contributed by atoms with Gasteiger partial charge < -0.3 is 9.84 Å². The molecule has 0 aliphatic rings. The van der Waals surface area contributed by atoms with Crippen molar-refractivity contribution in [1.82, 2.24) is 0 Å². The Morgan fingerprint density at radius 2 is 1.65 bits per heavy atom. The fraction of sp³-hybridized carbons (Fsp3) is 0.333. The number of rotatable bonds is 3. The van der Waals surface area contributed by atoms with Crippen molar-refractivity contribution in [2.75, 3.05) is 7.11 Å². The van der Waals surface area contributed by atoms with E-state index in [0.29, 0.717) is 0 Å². The van der Waals surface area contributed by atoms with Gasteiger partial charge in [0.15, 0.2) is 0 Å². The van der Waals surface area contributed by atoms with E-state index in [4.69, 9.17) is 4.74 Å². The average Bonchev–Trinajstić information content (AvgIpc) is 2.36. The largest absolute Gasteiger partial charge is 0.497 e. The Labute approximate surface area is 102 Å². The average molecular weight is 230 g/mol. The molecule has 2 heteroatoms. The summed E-state index contributed by atoms with van der Waals surface area (Å²) in [5.41, 5.74) is 0.970. The maximum absolute atomic E-state index is 10.0. The Kier molecular flexibility index (Phi) is 3.34. The summed E-state index contributed by atoms with van der Waals surface area (Å²) in [7, 11) is 1.66. The molecule has 17 heavy (non-hydrogen) atoms. The van der Waals surface area contributed by atoms with Crippen LogP contribution in [0.25, 0.3) is 10.8 Å². The van der Waals surface area contributed by atoms with Gasteiger partial charge in [0.25, 0.3) is 0 Å². The van der Waals surface area contributed by atoms with Crippen molar-refractivity contribution in [3.05, 3.63) is 42.0 Å². The van der Waals surface area contributed by atoms with Gasteiger partial charge in [-0.3, -0.25) is 0 Å². The van der Waals surface area contributed by atoms with Crippen molar-refractivity contribution in [3.63, 3.8) is 0 Å². The van der Waals surface area contributed by atoms with Gasteiger partial charge in [-0.2, -0.15) is 0 Å². The molecule has 0 spiro atoms. The standard InChI is InChI=1S/C15H18O2/c1-10(2)15(16)13-5-4-12-9-14(17-3)7-6-11(12)8-13/h4-10,15-16H,1-3H3. The minimum atomic E-state index is -0.401. The number of hydrogen-bond donors (Lipinski definition) is 1. The molecular weight excluding hydrogens is 212 g/mol. The number of benzene rings is 2. The van der Waals surface area contributed by atoms with Gasteiger partial charge in [0.05, 0.1) is 13.2 Å². The minimum Gasteiger partial charge on any atom is -0.497 e. The van der Waals surface area contributed by atoms with Crippen LogP contribution in [-0.2, 0) is 0 Å². The summed E-state index contributed by atoms with van der Waals surface area (Å²) >= 11 is 0. The maximum Gasteiger partial charge on any atom is 0.119 e. The number of aliphatic hydroxyl groups is 1. The lowest BCUT2D eigenvalue weighted by Gasteiger charge is -2.15. The van der Waals surface area contributed by atoms with Gasteiger partial charge in [-0.1, -0.05) is 32.0 Å². The molecule has 0 fully saturated rings. The number of methoxy groups -OCH3 is 1. The van der Waals surface area contributed by atoms with E-state index in [2.05, 4.69) is 0 Å². The fourth-order valence-electron chi connectivity index (χ4n) is 1.94. The topological polar surface area (TPSA) is 29.5 Å². The second kappa shape index (κ2) is 4.76. The fourth-order valence-corrected chi connectivity index (χ4v) is 1.94. The van der Waals surface area contributed by atoms with Crippen molar-refractivity contribution in [1.29, 1.82) is 0 Å². The van der Waals surface area contributed by atoms with E-state index in [9.17, 15) is 5.11 Å². The highest BCUT2D eigenvalue weighted by atomic mass is 16.5. The second-order valence-electron chi connectivity index (χ2n) is 4.66. The van der Waals surface area contributed by atoms with Gasteiger partial charge >= 0.3 is 0 Å². The highest BCUT2D eigenvalue weighted by Gasteiger charge is 2.12. The van der Waals surface area contributed by atoms with Crippen molar-refractivity contribution < 1.29 is 9.84 Å². The van der Waals surface area contributed by atoms with Gasteiger partial charge in [0.2, 0.25) is 0 Å². The summed E-state index contributed by atoms with van der Waals surface area (Å²) in [6.45, 7) is 4.03. The smallest absolute Gasteiger partial charge is 0.119 e. The van der Waals surface area contributed by atoms with E-state index in [1.165, 1.54) is 0 Å². The number of ether oxygens (including phenoxy) is 1. The monoisotopic (exact) mass is 230 g/mol. The molecule has 2 aromatic carbocycles. The van der Waals surface area contributed by atoms with Crippen LogP contribution in [0.4, 0.5) is 0 Å². The molecule has 1 atom stereocenters. The number of hydrogen-bond acceptors (Lipinski definition) is 2. The molecule has 2 aromatic rings. The SMILES string of the molecule is COc1ccc2cc(C(O)C(C)C)ccc2c1. The first-order valence-corrected chi connectivity index (χ1v) is 5.87. The lowest BCUT2D eigenvalue weighted by molar-refractivity contribution is 0.127. The van der Waals surface area contributed by atoms with Crippen LogP contribution in [0.1, 0.15) is 25.5 Å². The molecule has 2 rings (SSSR count). The molecule has 0 saturated carbocycles. The molecule has 0 amide bonds. The zero-order valence-corrected chi connectivity index (χ0v) is 10.5. The first kappa shape index (κ1) is 11.9. The summed E-state index contributed by atoms with van der Waals surface area (Å²) < 4.78 is 5.19. The normalized spacial score (nSPS) is 13.0. The molecular formula is C15H18O2. The third-order valence-electron chi connectivity index (χ3n) is 3.04. The quantitative estimate of drug-likeness (QED) is 0.874. The van der Waals surface area contributed by atoms with Crippen LogP contribution in [0.3, 0.4) is 0 Å². The van der Waals surface area contributed by atoms with Crippen molar-refractivity contribution in [2.24, 2.45) is 5.92 Å². The first-order chi connectivity index (χ1) is 8.11. The summed E-state index contributed by atoms with van der Waals surface area (Å²) in [5, 5.41) is 12.3. The highest BCUT2D eigenvalue weighted by molar-refractivity contribution is 5.84. The van der Waals surface area contributed by atoms with E-state index < -0.39 is 6.10 Å². The molecule has 0 heterocycles. The Morgan fingerprint density at radius 3 is 2.29 bits per heavy atom. The van der Waals surface area contributed by atoms with Gasteiger partial charge in [0.1, 0.15) is 5.75 Å². The lowest BCUT2D eigenvalue weighted by Crippen LogP contribution is -2.04. The van der Waals surface area contributed by atoms with Gasteiger partial charge in [0, 0.05) is 0 Å². The highest BCUT2D eigenvalue weighted by Crippen LogP contribution is 2.27. The van der Waals surface area contributed by atoms with Crippen LogP contribution in [0.5, 0.6) is 5.75 Å². The van der Waals surface area contributed by atoms with E-state index >= 15 is 0 Å². The summed E-state index contributed by atoms with van der Waals surface area (Å²) in [6.07, 6.45) is -0.401. The molecule has 0 radical (unpaired) electrons. The van der Waals surface area contributed by atoms with Gasteiger partial charge in [-0.15, -0.1) is 0 Å². The second-order valence-corrected chi connectivity index (χ2v) is 4.66. The molecule has 0 aliphatic heterocycles. The van der Waals surface area contributed by atoms with Crippen molar-refractivity contribution >= 4 is 10.8 Å². The molecule has 0 aliphatic carbocycles. The summed E-state index contributed by atoms with van der Waals surface area (Å²) in [5.74, 6) is 1.08. The van der Waals surface area contributed by atoms with Crippen LogP contribution in [0.15, 0.2) is 36.4 Å². The third-order valence-corrected chi connectivity index (χ3v) is 3.04. The van der Waals surface area contributed by atoms with Gasteiger partial charge in [-0.25, -0.2) is 0 Å². The zero-order valence-electron chi connectivity index (χ0n) is 10.5. The predicted molar refractivity (Wildman–Crippen MR) is 70.3 cm³/mol. The third kappa shape index (κ3) is 2.42. The first-order valence-electron chi connectivity index (χ1n) is 5.87. The Bertz CT molecular complexity index is 517. The van der Waals surface area contributed by atoms with E-state index in [1.807, 2.05) is 50.2 Å². The summed E-state index contributed by atoms with van der Waals surface area (Å²) in [4.78, 5) is 0. The zero-order chi connectivity index (χ0) is 12.4. The maximum atomic E-state index is 10.0. The molecule has 1 N–H and O–H groups in total. The van der Waals surface area contributed by atoms with Crippen LogP contribution in [-0.4, -0.2) is 12.2 Å².